The molecule has 4 fully saturated rings. The number of hydrogen-bond donors (Lipinski definition) is 1. The smallest absolute Gasteiger partial charge is 0.302 e. The van der Waals surface area contributed by atoms with Gasteiger partial charge in [0.2, 0.25) is 5.91 Å². The quantitative estimate of drug-likeness (QED) is 0.277. The Kier molecular flexibility index (Phi) is 7.65. The van der Waals surface area contributed by atoms with Gasteiger partial charge >= 0.3 is 5.97 Å². The van der Waals surface area contributed by atoms with Crippen LogP contribution in [0, 0.1) is 50.2 Å². The predicted octanol–water partition coefficient (Wildman–Crippen LogP) is 7.40. The van der Waals surface area contributed by atoms with E-state index in [-0.39, 0.29) is 44.6 Å². The lowest BCUT2D eigenvalue weighted by Crippen LogP contribution is -2.65. The number of esters is 1. The van der Waals surface area contributed by atoms with Crippen LogP contribution in [0.15, 0.2) is 11.6 Å². The first kappa shape index (κ1) is 31.1. The Morgan fingerprint density at radius 2 is 1.61 bits per heavy atom. The van der Waals surface area contributed by atoms with Crippen molar-refractivity contribution in [2.24, 2.45) is 50.2 Å². The molecule has 0 aromatic heterocycles. The van der Waals surface area contributed by atoms with E-state index < -0.39 is 0 Å². The molecule has 4 saturated carbocycles. The van der Waals surface area contributed by atoms with Crippen LogP contribution in [0.2, 0.25) is 0 Å². The van der Waals surface area contributed by atoms with Gasteiger partial charge in [-0.05, 0) is 118 Å². The zero-order chi connectivity index (χ0) is 30.2. The summed E-state index contributed by atoms with van der Waals surface area (Å²) in [6.07, 6.45) is 13.7. The number of fused-ring (bicyclic) bond motifs is 7. The number of hydrogen-bond acceptors (Lipinski definition) is 4. The highest BCUT2D eigenvalue weighted by atomic mass is 16.5. The average Bonchev–Trinajstić information content (AvgIpc) is 2.85. The lowest BCUT2D eigenvalue weighted by Gasteiger charge is -2.71. The van der Waals surface area contributed by atoms with E-state index in [1.165, 1.54) is 12.8 Å². The summed E-state index contributed by atoms with van der Waals surface area (Å²) in [5.41, 5.74) is 2.16. The second-order valence-corrected chi connectivity index (χ2v) is 17.4. The third-order valence-corrected chi connectivity index (χ3v) is 14.2. The molecule has 0 aromatic carbocycles. The van der Waals surface area contributed by atoms with Crippen LogP contribution in [0.4, 0.5) is 0 Å². The maximum Gasteiger partial charge on any atom is 0.302 e. The van der Waals surface area contributed by atoms with Gasteiger partial charge in [0.1, 0.15) is 6.10 Å². The minimum Gasteiger partial charge on any atom is -0.462 e. The Morgan fingerprint density at radius 1 is 0.927 bits per heavy atom. The molecule has 8 atom stereocenters. The molecule has 5 rings (SSSR count). The molecule has 41 heavy (non-hydrogen) atoms. The fraction of sp³-hybridized carbons (Fsp3) is 0.889. The van der Waals surface area contributed by atoms with Gasteiger partial charge in [0.15, 0.2) is 0 Å². The number of carbonyl (C=O) groups excluding carboxylic acids is 2. The lowest BCUT2D eigenvalue weighted by molar-refractivity contribution is -0.212. The summed E-state index contributed by atoms with van der Waals surface area (Å²) >= 11 is 0. The fourth-order valence-corrected chi connectivity index (χ4v) is 11.6. The highest BCUT2D eigenvalue weighted by Crippen LogP contribution is 2.75. The van der Waals surface area contributed by atoms with Crippen molar-refractivity contribution in [2.45, 2.75) is 126 Å². The maximum atomic E-state index is 14.1. The number of nitrogens with one attached hydrogen (secondary N) is 1. The number of nitrogens with zero attached hydrogens (tertiary/aromatic N) is 1. The summed E-state index contributed by atoms with van der Waals surface area (Å²) in [6.45, 7) is 20.6. The van der Waals surface area contributed by atoms with Gasteiger partial charge in [-0.3, -0.25) is 9.59 Å². The molecular weight excluding hydrogens is 508 g/mol. The molecule has 1 N–H and O–H groups in total. The summed E-state index contributed by atoms with van der Waals surface area (Å²) in [7, 11) is 4.15. The van der Waals surface area contributed by atoms with Crippen molar-refractivity contribution in [1.29, 1.82) is 0 Å². The number of carbonyl (C=O) groups is 2. The van der Waals surface area contributed by atoms with E-state index in [9.17, 15) is 9.59 Å². The topological polar surface area (TPSA) is 58.6 Å². The molecular formula is C36H60N2O3. The van der Waals surface area contributed by atoms with Crippen LogP contribution in [0.5, 0.6) is 0 Å². The Hall–Kier alpha value is -1.36. The van der Waals surface area contributed by atoms with Gasteiger partial charge in [0, 0.05) is 25.4 Å². The molecule has 0 aliphatic heterocycles. The monoisotopic (exact) mass is 568 g/mol. The van der Waals surface area contributed by atoms with Crippen molar-refractivity contribution < 1.29 is 14.3 Å². The standard InChI is InChI=1S/C36H60N2O3/c1-24(39)41-29-14-15-33(6)27(32(29,4)5)13-16-35(8)28(33)12-11-25-26-23-31(2,3)17-19-36(26,20-18-34(25,35)7)30(40)37-21-22-38(9)10/h11,26-29H,12-23H2,1-10H3,(H,37,40)/t26?,27?,28?,29-,33-,34+,35+,36-/m0/s1. The molecule has 0 heterocycles. The second kappa shape index (κ2) is 10.1. The first-order valence-corrected chi connectivity index (χ1v) is 16.7. The molecule has 5 aliphatic carbocycles. The Balaban J connectivity index is 1.50. The van der Waals surface area contributed by atoms with E-state index in [0.717, 1.165) is 64.5 Å². The fourth-order valence-electron chi connectivity index (χ4n) is 11.6. The van der Waals surface area contributed by atoms with Gasteiger partial charge in [-0.15, -0.1) is 0 Å². The van der Waals surface area contributed by atoms with Crippen molar-refractivity contribution in [3.05, 3.63) is 11.6 Å². The Labute approximate surface area is 251 Å². The SMILES string of the molecule is CC(=O)O[C@H]1CC[C@@]2(C)C(CC[C@]3(C)C2CC=C2C4CC(C)(C)CC[C@]4(C(=O)NCCN(C)C)CC[C@]23C)C1(C)C. The molecule has 1 amide bonds. The first-order chi connectivity index (χ1) is 18.9. The summed E-state index contributed by atoms with van der Waals surface area (Å²) < 4.78 is 5.93. The molecule has 0 spiro atoms. The number of allylic oxidation sites excluding steroid dienone is 2. The number of ether oxygens (including phenoxy) is 1. The van der Waals surface area contributed by atoms with Gasteiger partial charge in [-0.25, -0.2) is 0 Å². The number of amides is 1. The van der Waals surface area contributed by atoms with Gasteiger partial charge < -0.3 is 15.0 Å². The normalized spacial score (nSPS) is 44.4. The van der Waals surface area contributed by atoms with Gasteiger partial charge in [0.05, 0.1) is 5.41 Å². The molecule has 5 heteroatoms. The summed E-state index contributed by atoms with van der Waals surface area (Å²) in [5, 5.41) is 3.40. The van der Waals surface area contributed by atoms with E-state index in [0.29, 0.717) is 23.7 Å². The zero-order valence-corrected chi connectivity index (χ0v) is 28.0. The molecule has 0 aromatic rings. The molecule has 0 radical (unpaired) electrons. The van der Waals surface area contributed by atoms with E-state index in [2.05, 4.69) is 78.9 Å². The summed E-state index contributed by atoms with van der Waals surface area (Å²) in [4.78, 5) is 28.2. The van der Waals surface area contributed by atoms with Crippen LogP contribution >= 0.6 is 0 Å². The van der Waals surface area contributed by atoms with Crippen molar-refractivity contribution in [2.75, 3.05) is 27.2 Å². The van der Waals surface area contributed by atoms with Crippen molar-refractivity contribution >= 4 is 11.9 Å². The highest BCUT2D eigenvalue weighted by Gasteiger charge is 2.69. The Bertz CT molecular complexity index is 1090. The molecule has 5 aliphatic rings. The van der Waals surface area contributed by atoms with E-state index in [1.807, 2.05) is 0 Å². The molecule has 0 saturated heterocycles. The van der Waals surface area contributed by atoms with Gasteiger partial charge in [0.25, 0.3) is 0 Å². The van der Waals surface area contributed by atoms with Crippen LogP contribution < -0.4 is 5.32 Å². The van der Waals surface area contributed by atoms with E-state index >= 15 is 0 Å². The predicted molar refractivity (Wildman–Crippen MR) is 166 cm³/mol. The van der Waals surface area contributed by atoms with E-state index in [1.54, 1.807) is 12.5 Å². The third kappa shape index (κ3) is 4.65. The molecule has 5 nitrogen and oxygen atoms in total. The number of likely N-dealkylation sites (N-methyl/N-ethyl adjacent to an activating group) is 1. The third-order valence-electron chi connectivity index (χ3n) is 14.2. The van der Waals surface area contributed by atoms with Crippen molar-refractivity contribution in [1.82, 2.24) is 10.2 Å². The second-order valence-electron chi connectivity index (χ2n) is 17.4. The lowest BCUT2D eigenvalue weighted by atomic mass is 9.33. The zero-order valence-electron chi connectivity index (χ0n) is 28.0. The highest BCUT2D eigenvalue weighted by molar-refractivity contribution is 5.84. The van der Waals surface area contributed by atoms with Crippen LogP contribution in [-0.2, 0) is 14.3 Å². The van der Waals surface area contributed by atoms with Gasteiger partial charge in [-0.1, -0.05) is 60.1 Å². The van der Waals surface area contributed by atoms with Crippen LogP contribution in [-0.4, -0.2) is 50.1 Å². The first-order valence-electron chi connectivity index (χ1n) is 16.7. The van der Waals surface area contributed by atoms with Crippen molar-refractivity contribution in [3.63, 3.8) is 0 Å². The minimum atomic E-state index is -0.262. The van der Waals surface area contributed by atoms with Crippen molar-refractivity contribution in [3.8, 4) is 0 Å². The largest absolute Gasteiger partial charge is 0.462 e. The summed E-state index contributed by atoms with van der Waals surface area (Å²) in [5.74, 6) is 1.67. The van der Waals surface area contributed by atoms with Crippen LogP contribution in [0.1, 0.15) is 120 Å². The van der Waals surface area contributed by atoms with Crippen LogP contribution in [0.25, 0.3) is 0 Å². The Morgan fingerprint density at radius 3 is 2.27 bits per heavy atom. The average molecular weight is 569 g/mol. The molecule has 0 bridgehead atoms. The summed E-state index contributed by atoms with van der Waals surface area (Å²) in [6, 6.07) is 0. The van der Waals surface area contributed by atoms with E-state index in [4.69, 9.17) is 4.74 Å². The minimum absolute atomic E-state index is 0.0125. The van der Waals surface area contributed by atoms with Crippen LogP contribution in [0.3, 0.4) is 0 Å². The maximum absolute atomic E-state index is 14.1. The molecule has 232 valence electrons. The van der Waals surface area contributed by atoms with Gasteiger partial charge in [-0.2, -0.15) is 0 Å². The number of rotatable bonds is 5. The molecule has 3 unspecified atom stereocenters.